The van der Waals surface area contributed by atoms with Crippen LogP contribution in [-0.2, 0) is 7.05 Å². The summed E-state index contributed by atoms with van der Waals surface area (Å²) in [6.45, 7) is 9.29. The number of aromatic nitrogens is 3. The molecule has 4 heteroatoms. The first-order chi connectivity index (χ1) is 18.4. The third-order valence-corrected chi connectivity index (χ3v) is 10.3. The summed E-state index contributed by atoms with van der Waals surface area (Å²) in [6, 6.07) is 39.7. The zero-order valence-corrected chi connectivity index (χ0v) is 23.7. The maximum absolute atomic E-state index is 5.36. The van der Waals surface area contributed by atoms with Crippen molar-refractivity contribution in [2.75, 3.05) is 0 Å². The molecule has 0 bridgehead atoms. The largest absolute Gasteiger partial charge is 0.341 e. The Balaban J connectivity index is 1.76. The highest BCUT2D eigenvalue weighted by molar-refractivity contribution is 7.80. The Bertz CT molecular complexity index is 1680. The number of nitrogens with zero attached hydrogens (tertiary/aromatic N) is 3. The minimum Gasteiger partial charge on any atom is -0.341 e. The van der Waals surface area contributed by atoms with Crippen LogP contribution in [0.3, 0.4) is 0 Å². The summed E-state index contributed by atoms with van der Waals surface area (Å²) >= 11 is 0. The fourth-order valence-corrected chi connectivity index (χ4v) is 8.05. The van der Waals surface area contributed by atoms with Gasteiger partial charge in [-0.2, -0.15) is 0 Å². The van der Waals surface area contributed by atoms with Gasteiger partial charge in [-0.15, -0.1) is 0 Å². The highest BCUT2D eigenvalue weighted by Crippen LogP contribution is 2.44. The van der Waals surface area contributed by atoms with Crippen LogP contribution in [0.15, 0.2) is 109 Å². The third kappa shape index (κ3) is 4.06. The topological polar surface area (TPSA) is 22.8 Å². The lowest BCUT2D eigenvalue weighted by Crippen LogP contribution is -2.25. The molecule has 0 N–H and O–H groups in total. The summed E-state index contributed by atoms with van der Waals surface area (Å²) in [5.74, 6) is 1.04. The van der Waals surface area contributed by atoms with E-state index in [-0.39, 0.29) is 11.5 Å². The molecule has 0 aliphatic heterocycles. The summed E-state index contributed by atoms with van der Waals surface area (Å²) in [5.41, 5.74) is 4.73. The number of imidazole rings is 1. The Kier molecular flexibility index (Phi) is 6.20. The predicted molar refractivity (Wildman–Crippen MR) is 165 cm³/mol. The summed E-state index contributed by atoms with van der Waals surface area (Å²) in [5, 5.41) is 5.36. The first kappa shape index (κ1) is 24.6. The number of benzene rings is 4. The number of hydrogen-bond acceptors (Lipinski definition) is 1. The van der Waals surface area contributed by atoms with Crippen molar-refractivity contribution in [2.24, 2.45) is 12.5 Å². The Labute approximate surface area is 226 Å². The van der Waals surface area contributed by atoms with Gasteiger partial charge in [0, 0.05) is 29.3 Å². The maximum atomic E-state index is 5.36. The van der Waals surface area contributed by atoms with Gasteiger partial charge in [0.1, 0.15) is 0 Å². The van der Waals surface area contributed by atoms with Crippen molar-refractivity contribution in [3.63, 3.8) is 0 Å². The molecule has 0 aliphatic carbocycles. The molecule has 6 aromatic rings. The summed E-state index contributed by atoms with van der Waals surface area (Å²) < 4.78 is 4.86. The molecular weight excluding hydrogens is 481 g/mol. The molecule has 0 saturated heterocycles. The van der Waals surface area contributed by atoms with Gasteiger partial charge in [0.15, 0.2) is 5.82 Å². The van der Waals surface area contributed by atoms with E-state index in [1.165, 1.54) is 38.0 Å². The van der Waals surface area contributed by atoms with E-state index in [1.807, 2.05) is 0 Å². The molecular formula is C34H34N3P. The molecule has 2 heterocycles. The highest BCUT2D eigenvalue weighted by Gasteiger charge is 2.32. The number of rotatable bonds is 5. The summed E-state index contributed by atoms with van der Waals surface area (Å²) in [7, 11) is 1.37. The number of fused-ring (bicyclic) bond motifs is 2. The molecule has 6 rings (SSSR count). The monoisotopic (exact) mass is 515 g/mol. The van der Waals surface area contributed by atoms with Crippen molar-refractivity contribution in [1.29, 1.82) is 0 Å². The molecule has 1 atom stereocenters. The Morgan fingerprint density at radius 1 is 0.684 bits per heavy atom. The second kappa shape index (κ2) is 9.57. The summed E-state index contributed by atoms with van der Waals surface area (Å²) in [6.07, 6.45) is 0. The molecule has 1 unspecified atom stereocenters. The van der Waals surface area contributed by atoms with Gasteiger partial charge in [-0.05, 0) is 49.1 Å². The van der Waals surface area contributed by atoms with Crippen molar-refractivity contribution >= 4 is 45.8 Å². The van der Waals surface area contributed by atoms with Crippen molar-refractivity contribution in [3.05, 3.63) is 109 Å². The van der Waals surface area contributed by atoms with Crippen LogP contribution < -0.4 is 15.9 Å². The van der Waals surface area contributed by atoms with Gasteiger partial charge in [-0.3, -0.25) is 0 Å². The lowest BCUT2D eigenvalue weighted by atomic mass is 9.87. The van der Waals surface area contributed by atoms with Crippen LogP contribution >= 0.6 is 7.92 Å². The van der Waals surface area contributed by atoms with Crippen molar-refractivity contribution in [1.82, 2.24) is 14.1 Å². The maximum Gasteiger partial charge on any atom is 0.158 e. The Hall–Kier alpha value is -3.68. The van der Waals surface area contributed by atoms with E-state index in [0.29, 0.717) is 0 Å². The van der Waals surface area contributed by atoms with Gasteiger partial charge < -0.3 is 9.13 Å². The second-order valence-electron chi connectivity index (χ2n) is 11.1. The van der Waals surface area contributed by atoms with Crippen molar-refractivity contribution in [3.8, 4) is 11.5 Å². The molecule has 0 radical (unpaired) electrons. The first-order valence-electron chi connectivity index (χ1n) is 13.3. The molecule has 38 heavy (non-hydrogen) atoms. The number of hydrogen-bond donors (Lipinski definition) is 0. The number of aryl methyl sites for hydroxylation is 1. The lowest BCUT2D eigenvalue weighted by molar-refractivity contribution is 0.269. The van der Waals surface area contributed by atoms with Crippen LogP contribution in [0.1, 0.15) is 33.7 Å². The van der Waals surface area contributed by atoms with E-state index in [9.17, 15) is 0 Å². The first-order valence-corrected chi connectivity index (χ1v) is 14.7. The Morgan fingerprint density at radius 2 is 1.21 bits per heavy atom. The van der Waals surface area contributed by atoms with Crippen molar-refractivity contribution < 1.29 is 0 Å². The molecule has 4 aromatic carbocycles. The second-order valence-corrected chi connectivity index (χ2v) is 13.3. The van der Waals surface area contributed by atoms with E-state index < -0.39 is 7.92 Å². The van der Waals surface area contributed by atoms with Gasteiger partial charge in [0.25, 0.3) is 0 Å². The quantitative estimate of drug-likeness (QED) is 0.217. The van der Waals surface area contributed by atoms with E-state index in [1.54, 1.807) is 0 Å². The van der Waals surface area contributed by atoms with E-state index in [0.717, 1.165) is 11.3 Å². The summed E-state index contributed by atoms with van der Waals surface area (Å²) in [4.78, 5) is 5.36. The van der Waals surface area contributed by atoms with Crippen LogP contribution in [0.5, 0.6) is 0 Å². The van der Waals surface area contributed by atoms with Gasteiger partial charge >= 0.3 is 0 Å². The molecule has 0 saturated carbocycles. The minimum absolute atomic E-state index is 0.0621. The third-order valence-electron chi connectivity index (χ3n) is 7.78. The Morgan fingerprint density at radius 3 is 1.82 bits per heavy atom. The highest BCUT2D eigenvalue weighted by atomic mass is 31.1. The van der Waals surface area contributed by atoms with Crippen molar-refractivity contribution in [2.45, 2.75) is 33.7 Å². The predicted octanol–water partition coefficient (Wildman–Crippen LogP) is 7.56. The standard InChI is InChI=1S/C34H34N3P/c1-24(34(2,3)4)37-30-23-15-13-21-28(30)35-33(37)31-32(27-20-12-14-22-29(27)36(31)5)38(25-16-8-6-9-17-25)26-18-10-7-11-19-26/h6-24H,1-5H3. The smallest absolute Gasteiger partial charge is 0.158 e. The van der Waals surface area contributed by atoms with Crippen LogP contribution in [0.2, 0.25) is 0 Å². The van der Waals surface area contributed by atoms with Crippen LogP contribution in [-0.4, -0.2) is 14.1 Å². The lowest BCUT2D eigenvalue weighted by Gasteiger charge is -2.31. The SMILES string of the molecule is CC(n1c(-c2c(P(c3ccccc3)c3ccccc3)c3ccccc3n2C)nc2ccccc21)C(C)(C)C. The fourth-order valence-electron chi connectivity index (χ4n) is 5.41. The van der Waals surface area contributed by atoms with Gasteiger partial charge in [-0.1, -0.05) is 112 Å². The molecule has 0 aliphatic rings. The molecule has 0 amide bonds. The van der Waals surface area contributed by atoms with Crippen LogP contribution in [0.4, 0.5) is 0 Å². The van der Waals surface area contributed by atoms with Gasteiger partial charge in [0.2, 0.25) is 0 Å². The average molecular weight is 516 g/mol. The molecule has 3 nitrogen and oxygen atoms in total. The van der Waals surface area contributed by atoms with Gasteiger partial charge in [0.05, 0.1) is 16.7 Å². The minimum atomic E-state index is -0.833. The zero-order chi connectivity index (χ0) is 26.4. The van der Waals surface area contributed by atoms with E-state index in [2.05, 4.69) is 153 Å². The molecule has 0 spiro atoms. The zero-order valence-electron chi connectivity index (χ0n) is 22.8. The van der Waals surface area contributed by atoms with E-state index >= 15 is 0 Å². The van der Waals surface area contributed by atoms with Crippen LogP contribution in [0, 0.1) is 5.41 Å². The molecule has 0 fully saturated rings. The van der Waals surface area contributed by atoms with Crippen LogP contribution in [0.25, 0.3) is 33.5 Å². The fraction of sp³-hybridized carbons (Fsp3) is 0.206. The molecule has 2 aromatic heterocycles. The van der Waals surface area contributed by atoms with Gasteiger partial charge in [-0.25, -0.2) is 4.98 Å². The molecule has 190 valence electrons. The number of para-hydroxylation sites is 3. The van der Waals surface area contributed by atoms with E-state index in [4.69, 9.17) is 4.98 Å². The average Bonchev–Trinajstić information content (AvgIpc) is 3.44. The normalized spacial score (nSPS) is 13.0.